The molecule has 1 atom stereocenters. The fourth-order valence-electron chi connectivity index (χ4n) is 3.85. The van der Waals surface area contributed by atoms with Gasteiger partial charge in [0.05, 0.1) is 33.6 Å². The van der Waals surface area contributed by atoms with Crippen molar-refractivity contribution in [2.24, 2.45) is 0 Å². The summed E-state index contributed by atoms with van der Waals surface area (Å²) in [5.74, 6) is 0.691. The molecule has 0 spiro atoms. The molecule has 32 heavy (non-hydrogen) atoms. The molecule has 0 unspecified atom stereocenters. The molecule has 4 rings (SSSR count). The lowest BCUT2D eigenvalue weighted by Crippen LogP contribution is -2.33. The first kappa shape index (κ1) is 22.6. The first-order valence-corrected chi connectivity index (χ1v) is 12.1. The molecule has 0 aromatic carbocycles. The number of aliphatic hydroxyl groups is 1. The van der Waals surface area contributed by atoms with E-state index in [-0.39, 0.29) is 11.9 Å². The van der Waals surface area contributed by atoms with Gasteiger partial charge in [0.1, 0.15) is 0 Å². The fraction of sp³-hybridized carbons (Fsp3) is 0.500. The van der Waals surface area contributed by atoms with E-state index in [4.69, 9.17) is 4.98 Å². The van der Waals surface area contributed by atoms with Crippen LogP contribution in [0.2, 0.25) is 0 Å². The number of carbonyl (C=O) groups excluding carboxylic acids is 1. The third-order valence-corrected chi connectivity index (χ3v) is 6.60. The third kappa shape index (κ3) is 5.24. The van der Waals surface area contributed by atoms with Crippen molar-refractivity contribution >= 4 is 17.2 Å². The van der Waals surface area contributed by atoms with Crippen LogP contribution in [0.25, 0.3) is 16.5 Å². The minimum absolute atomic E-state index is 0.0151. The van der Waals surface area contributed by atoms with Gasteiger partial charge in [0, 0.05) is 18.2 Å². The summed E-state index contributed by atoms with van der Waals surface area (Å²) in [6, 6.07) is 4.07. The average Bonchev–Trinajstić information content (AvgIpc) is 3.23. The predicted octanol–water partition coefficient (Wildman–Crippen LogP) is 4.64. The smallest absolute Gasteiger partial charge is 0.254 e. The maximum Gasteiger partial charge on any atom is 0.254 e. The van der Waals surface area contributed by atoms with E-state index in [2.05, 4.69) is 15.4 Å². The minimum atomic E-state index is -0.681. The average molecular weight is 454 g/mol. The van der Waals surface area contributed by atoms with E-state index < -0.39 is 5.60 Å². The maximum absolute atomic E-state index is 13.1. The lowest BCUT2D eigenvalue weighted by atomic mass is 9.99. The van der Waals surface area contributed by atoms with Crippen LogP contribution in [0.1, 0.15) is 80.4 Å². The number of thiophene rings is 1. The molecule has 0 bridgehead atoms. The summed E-state index contributed by atoms with van der Waals surface area (Å²) in [6.07, 6.45) is 7.90. The van der Waals surface area contributed by atoms with Crippen LogP contribution in [0.15, 0.2) is 29.9 Å². The summed E-state index contributed by atoms with van der Waals surface area (Å²) >= 11 is 1.64. The number of aromatic nitrogens is 4. The molecular weight excluding hydrogens is 422 g/mol. The van der Waals surface area contributed by atoms with Crippen LogP contribution in [0.4, 0.5) is 0 Å². The van der Waals surface area contributed by atoms with Crippen molar-refractivity contribution in [3.63, 3.8) is 0 Å². The van der Waals surface area contributed by atoms with Gasteiger partial charge in [-0.2, -0.15) is 5.10 Å². The number of nitrogens with zero attached hydrogens (tertiary/aromatic N) is 4. The zero-order valence-corrected chi connectivity index (χ0v) is 19.9. The van der Waals surface area contributed by atoms with E-state index in [1.54, 1.807) is 22.2 Å². The number of amides is 1. The Morgan fingerprint density at radius 2 is 2.16 bits per heavy atom. The molecule has 1 saturated carbocycles. The third-order valence-electron chi connectivity index (χ3n) is 5.72. The maximum atomic E-state index is 13.1. The van der Waals surface area contributed by atoms with Crippen LogP contribution >= 0.6 is 11.3 Å². The van der Waals surface area contributed by atoms with Crippen molar-refractivity contribution in [2.45, 2.75) is 77.4 Å². The van der Waals surface area contributed by atoms with Crippen LogP contribution in [-0.2, 0) is 0 Å². The van der Waals surface area contributed by atoms with Crippen LogP contribution < -0.4 is 5.32 Å². The van der Waals surface area contributed by atoms with E-state index in [1.807, 2.05) is 51.4 Å². The molecule has 2 N–H and O–H groups in total. The van der Waals surface area contributed by atoms with E-state index in [1.165, 1.54) is 0 Å². The first-order chi connectivity index (χ1) is 15.2. The Hall–Kier alpha value is -2.58. The second-order valence-corrected chi connectivity index (χ2v) is 10.3. The van der Waals surface area contributed by atoms with Crippen molar-refractivity contribution < 1.29 is 9.90 Å². The summed E-state index contributed by atoms with van der Waals surface area (Å²) < 4.78 is 1.74. The monoisotopic (exact) mass is 453 g/mol. The molecule has 0 aliphatic heterocycles. The number of hydrogen-bond donors (Lipinski definition) is 2. The van der Waals surface area contributed by atoms with Crippen LogP contribution in [-0.4, -0.2) is 42.4 Å². The van der Waals surface area contributed by atoms with Gasteiger partial charge in [-0.25, -0.2) is 14.6 Å². The number of hydrogen-bond acceptors (Lipinski definition) is 6. The molecule has 1 aliphatic rings. The van der Waals surface area contributed by atoms with Crippen molar-refractivity contribution in [1.29, 1.82) is 0 Å². The largest absolute Gasteiger partial charge is 0.390 e. The zero-order chi connectivity index (χ0) is 22.9. The summed E-state index contributed by atoms with van der Waals surface area (Å²) in [5.41, 5.74) is 2.72. The van der Waals surface area contributed by atoms with Gasteiger partial charge in [-0.05, 0) is 76.8 Å². The Morgan fingerprint density at radius 3 is 2.81 bits per heavy atom. The Morgan fingerprint density at radius 1 is 1.38 bits per heavy atom. The molecule has 170 valence electrons. The number of rotatable bonds is 9. The van der Waals surface area contributed by atoms with E-state index in [9.17, 15) is 9.90 Å². The normalized spacial score (nSPS) is 15.0. The first-order valence-electron chi connectivity index (χ1n) is 11.2. The van der Waals surface area contributed by atoms with E-state index >= 15 is 0 Å². The number of carbonyl (C=O) groups is 1. The SMILES string of the molecule is Cc1cnc(-n2ncc(C(=O)N[C@@H](C)CCCC(C)(C)O)c2C2CC2)nc1-c1cccs1. The van der Waals surface area contributed by atoms with Crippen molar-refractivity contribution in [2.75, 3.05) is 0 Å². The highest BCUT2D eigenvalue weighted by molar-refractivity contribution is 7.13. The topological polar surface area (TPSA) is 92.9 Å². The van der Waals surface area contributed by atoms with E-state index in [0.717, 1.165) is 47.5 Å². The molecular formula is C24H31N5O2S. The van der Waals surface area contributed by atoms with Gasteiger partial charge in [-0.3, -0.25) is 4.79 Å². The van der Waals surface area contributed by atoms with Gasteiger partial charge in [-0.15, -0.1) is 11.3 Å². The van der Waals surface area contributed by atoms with Gasteiger partial charge in [0.2, 0.25) is 0 Å². The Balaban J connectivity index is 1.55. The highest BCUT2D eigenvalue weighted by atomic mass is 32.1. The molecule has 0 saturated heterocycles. The molecule has 1 aliphatic carbocycles. The molecule has 8 heteroatoms. The van der Waals surface area contributed by atoms with Gasteiger partial charge in [-0.1, -0.05) is 6.07 Å². The fourth-order valence-corrected chi connectivity index (χ4v) is 4.63. The molecule has 0 radical (unpaired) electrons. The van der Waals surface area contributed by atoms with Gasteiger partial charge < -0.3 is 10.4 Å². The standard InChI is InChI=1S/C24H31N5O2S/c1-15-13-25-23(28-20(15)19-8-6-12-32-19)29-21(17-9-10-17)18(14-26-29)22(30)27-16(2)7-5-11-24(3,4)31/h6,8,12-14,16-17,31H,5,7,9-11H2,1-4H3,(H,27,30)/t16-/m0/s1. The molecule has 1 fully saturated rings. The molecule has 3 aromatic rings. The predicted molar refractivity (Wildman–Crippen MR) is 126 cm³/mol. The summed E-state index contributed by atoms with van der Waals surface area (Å²) in [4.78, 5) is 23.5. The molecule has 3 aromatic heterocycles. The lowest BCUT2D eigenvalue weighted by Gasteiger charge is -2.19. The van der Waals surface area contributed by atoms with Gasteiger partial charge >= 0.3 is 0 Å². The summed E-state index contributed by atoms with van der Waals surface area (Å²) in [7, 11) is 0. The summed E-state index contributed by atoms with van der Waals surface area (Å²) in [6.45, 7) is 7.62. The lowest BCUT2D eigenvalue weighted by molar-refractivity contribution is 0.0674. The Bertz CT molecular complexity index is 1080. The second-order valence-electron chi connectivity index (χ2n) is 9.39. The van der Waals surface area contributed by atoms with Gasteiger partial charge in [0.15, 0.2) is 0 Å². The quantitative estimate of drug-likeness (QED) is 0.492. The van der Waals surface area contributed by atoms with Crippen molar-refractivity contribution in [3.8, 4) is 16.5 Å². The van der Waals surface area contributed by atoms with Crippen LogP contribution in [0, 0.1) is 6.92 Å². The molecule has 1 amide bonds. The number of aryl methyl sites for hydroxylation is 1. The Kier molecular flexibility index (Phi) is 6.44. The van der Waals surface area contributed by atoms with E-state index in [0.29, 0.717) is 23.9 Å². The summed E-state index contributed by atoms with van der Waals surface area (Å²) in [5, 5.41) is 19.6. The second kappa shape index (κ2) is 9.11. The van der Waals surface area contributed by atoms with Gasteiger partial charge in [0.25, 0.3) is 11.9 Å². The minimum Gasteiger partial charge on any atom is -0.390 e. The van der Waals surface area contributed by atoms with Crippen molar-refractivity contribution in [3.05, 3.63) is 46.7 Å². The van der Waals surface area contributed by atoms with Crippen LogP contribution in [0.5, 0.6) is 0 Å². The zero-order valence-electron chi connectivity index (χ0n) is 19.1. The Labute approximate surface area is 192 Å². The van der Waals surface area contributed by atoms with Crippen molar-refractivity contribution in [1.82, 2.24) is 25.1 Å². The van der Waals surface area contributed by atoms with Crippen LogP contribution in [0.3, 0.4) is 0 Å². The molecule has 3 heterocycles. The highest BCUT2D eigenvalue weighted by Gasteiger charge is 2.34. The number of nitrogens with one attached hydrogen (secondary N) is 1. The molecule has 7 nitrogen and oxygen atoms in total. The highest BCUT2D eigenvalue weighted by Crippen LogP contribution is 2.42.